The highest BCUT2D eigenvalue weighted by Gasteiger charge is 2.45. The standard InChI is InChI=1S/C11H15IO/c12-8-9-4-3-7-11(9)6-2-1-5-10(11)13/h8H,1-7H2/b9-8+. The van der Waals surface area contributed by atoms with Gasteiger partial charge in [0.2, 0.25) is 0 Å². The average Bonchev–Trinajstić information content (AvgIpc) is 2.55. The Balaban J connectivity index is 2.30. The van der Waals surface area contributed by atoms with Gasteiger partial charge in [-0.25, -0.2) is 0 Å². The minimum absolute atomic E-state index is 0.0133. The highest BCUT2D eigenvalue weighted by molar-refractivity contribution is 14.1. The van der Waals surface area contributed by atoms with Gasteiger partial charge in [-0.05, 0) is 36.2 Å². The summed E-state index contributed by atoms with van der Waals surface area (Å²) in [6.07, 6.45) is 7.83. The van der Waals surface area contributed by atoms with Crippen molar-refractivity contribution in [1.82, 2.24) is 0 Å². The minimum Gasteiger partial charge on any atom is -0.299 e. The Kier molecular flexibility index (Phi) is 2.77. The van der Waals surface area contributed by atoms with E-state index >= 15 is 0 Å². The van der Waals surface area contributed by atoms with Crippen LogP contribution in [0.5, 0.6) is 0 Å². The van der Waals surface area contributed by atoms with E-state index < -0.39 is 0 Å². The lowest BCUT2D eigenvalue weighted by atomic mass is 9.70. The van der Waals surface area contributed by atoms with Crippen molar-refractivity contribution < 1.29 is 4.79 Å². The molecule has 1 unspecified atom stereocenters. The number of allylic oxidation sites excluding steroid dienone is 1. The van der Waals surface area contributed by atoms with E-state index in [1.165, 1.54) is 18.4 Å². The lowest BCUT2D eigenvalue weighted by Gasteiger charge is -2.33. The van der Waals surface area contributed by atoms with Crippen LogP contribution in [0.3, 0.4) is 0 Å². The molecule has 72 valence electrons. The molecule has 0 N–H and O–H groups in total. The Hall–Kier alpha value is 0.140. The van der Waals surface area contributed by atoms with Crippen molar-refractivity contribution in [2.24, 2.45) is 5.41 Å². The zero-order valence-corrected chi connectivity index (χ0v) is 9.97. The highest BCUT2D eigenvalue weighted by atomic mass is 127. The fraction of sp³-hybridized carbons (Fsp3) is 0.727. The van der Waals surface area contributed by atoms with Gasteiger partial charge < -0.3 is 0 Å². The number of carbonyl (C=O) groups excluding carboxylic acids is 1. The molecular weight excluding hydrogens is 275 g/mol. The van der Waals surface area contributed by atoms with E-state index in [1.807, 2.05) is 0 Å². The third-order valence-corrected chi connectivity index (χ3v) is 4.34. The molecule has 0 saturated heterocycles. The van der Waals surface area contributed by atoms with Crippen molar-refractivity contribution >= 4 is 28.4 Å². The number of ketones is 1. The third-order valence-electron chi connectivity index (χ3n) is 3.59. The summed E-state index contributed by atoms with van der Waals surface area (Å²) in [6, 6.07) is 0. The van der Waals surface area contributed by atoms with Crippen LogP contribution >= 0.6 is 22.6 Å². The van der Waals surface area contributed by atoms with Gasteiger partial charge in [-0.3, -0.25) is 4.79 Å². The van der Waals surface area contributed by atoms with Crippen molar-refractivity contribution in [3.8, 4) is 0 Å². The van der Waals surface area contributed by atoms with E-state index in [2.05, 4.69) is 26.7 Å². The van der Waals surface area contributed by atoms with E-state index in [-0.39, 0.29) is 5.41 Å². The minimum atomic E-state index is 0.0133. The van der Waals surface area contributed by atoms with Crippen LogP contribution in [0.4, 0.5) is 0 Å². The van der Waals surface area contributed by atoms with E-state index in [1.54, 1.807) is 0 Å². The van der Waals surface area contributed by atoms with Crippen LogP contribution in [-0.4, -0.2) is 5.78 Å². The molecule has 0 aromatic heterocycles. The quantitative estimate of drug-likeness (QED) is 0.623. The number of hydrogen-bond acceptors (Lipinski definition) is 1. The second kappa shape index (κ2) is 3.71. The molecule has 0 aliphatic heterocycles. The number of halogens is 1. The van der Waals surface area contributed by atoms with Gasteiger partial charge in [0.15, 0.2) is 0 Å². The van der Waals surface area contributed by atoms with Crippen molar-refractivity contribution in [2.45, 2.75) is 44.9 Å². The van der Waals surface area contributed by atoms with Gasteiger partial charge in [0.25, 0.3) is 0 Å². The number of hydrogen-bond donors (Lipinski definition) is 0. The molecule has 0 aromatic rings. The van der Waals surface area contributed by atoms with E-state index in [9.17, 15) is 4.79 Å². The van der Waals surface area contributed by atoms with Crippen LogP contribution in [0.2, 0.25) is 0 Å². The van der Waals surface area contributed by atoms with Gasteiger partial charge in [-0.2, -0.15) is 0 Å². The average molecular weight is 290 g/mol. The van der Waals surface area contributed by atoms with Crippen molar-refractivity contribution in [3.63, 3.8) is 0 Å². The summed E-state index contributed by atoms with van der Waals surface area (Å²) < 4.78 is 2.16. The maximum Gasteiger partial charge on any atom is 0.143 e. The smallest absolute Gasteiger partial charge is 0.143 e. The van der Waals surface area contributed by atoms with Crippen molar-refractivity contribution in [2.75, 3.05) is 0 Å². The molecule has 2 aliphatic carbocycles. The maximum atomic E-state index is 11.9. The molecule has 0 aromatic carbocycles. The predicted octanol–water partition coefficient (Wildman–Crippen LogP) is 3.62. The molecule has 0 radical (unpaired) electrons. The van der Waals surface area contributed by atoms with Gasteiger partial charge in [-0.15, -0.1) is 0 Å². The summed E-state index contributed by atoms with van der Waals surface area (Å²) in [4.78, 5) is 11.9. The van der Waals surface area contributed by atoms with Crippen molar-refractivity contribution in [1.29, 1.82) is 0 Å². The monoisotopic (exact) mass is 290 g/mol. The van der Waals surface area contributed by atoms with Crippen LogP contribution in [-0.2, 0) is 4.79 Å². The first-order valence-electron chi connectivity index (χ1n) is 5.13. The number of carbonyl (C=O) groups is 1. The maximum absolute atomic E-state index is 11.9. The van der Waals surface area contributed by atoms with Crippen LogP contribution < -0.4 is 0 Å². The van der Waals surface area contributed by atoms with Crippen LogP contribution in [0, 0.1) is 5.41 Å². The van der Waals surface area contributed by atoms with Gasteiger partial charge in [0, 0.05) is 6.42 Å². The molecule has 0 heterocycles. The van der Waals surface area contributed by atoms with E-state index in [0.29, 0.717) is 5.78 Å². The van der Waals surface area contributed by atoms with E-state index in [0.717, 1.165) is 32.1 Å². The summed E-state index contributed by atoms with van der Waals surface area (Å²) in [6.45, 7) is 0. The largest absolute Gasteiger partial charge is 0.299 e. The Morgan fingerprint density at radius 1 is 1.15 bits per heavy atom. The fourth-order valence-corrected chi connectivity index (χ4v) is 3.74. The summed E-state index contributed by atoms with van der Waals surface area (Å²) in [7, 11) is 0. The first-order valence-corrected chi connectivity index (χ1v) is 6.37. The normalized spacial score (nSPS) is 37.6. The van der Waals surface area contributed by atoms with Gasteiger partial charge in [0.1, 0.15) is 5.78 Å². The molecule has 2 aliphatic rings. The third kappa shape index (κ3) is 1.47. The zero-order valence-electron chi connectivity index (χ0n) is 7.81. The number of Topliss-reactive ketones (excluding diaryl/α,β-unsaturated/α-hetero) is 1. The Bertz CT molecular complexity index is 257. The van der Waals surface area contributed by atoms with Crippen LogP contribution in [0.1, 0.15) is 44.9 Å². The molecule has 2 saturated carbocycles. The summed E-state index contributed by atoms with van der Waals surface area (Å²) in [5.41, 5.74) is 1.44. The van der Waals surface area contributed by atoms with E-state index in [4.69, 9.17) is 0 Å². The first kappa shape index (κ1) is 9.69. The highest BCUT2D eigenvalue weighted by Crippen LogP contribution is 2.50. The molecule has 1 atom stereocenters. The summed E-state index contributed by atoms with van der Waals surface area (Å²) >= 11 is 2.30. The molecule has 2 rings (SSSR count). The van der Waals surface area contributed by atoms with Crippen LogP contribution in [0.15, 0.2) is 9.66 Å². The Morgan fingerprint density at radius 2 is 1.92 bits per heavy atom. The van der Waals surface area contributed by atoms with Gasteiger partial charge in [0.05, 0.1) is 5.41 Å². The molecular formula is C11H15IO. The first-order chi connectivity index (χ1) is 6.29. The zero-order chi connectivity index (χ0) is 9.31. The lowest BCUT2D eigenvalue weighted by Crippen LogP contribution is -2.32. The molecule has 0 amide bonds. The second-order valence-electron chi connectivity index (χ2n) is 4.20. The molecule has 2 heteroatoms. The van der Waals surface area contributed by atoms with Gasteiger partial charge in [-0.1, -0.05) is 34.6 Å². The molecule has 0 bridgehead atoms. The molecule has 1 nitrogen and oxygen atoms in total. The van der Waals surface area contributed by atoms with Gasteiger partial charge >= 0.3 is 0 Å². The topological polar surface area (TPSA) is 17.1 Å². The summed E-state index contributed by atoms with van der Waals surface area (Å²) in [5.74, 6) is 0.527. The summed E-state index contributed by atoms with van der Waals surface area (Å²) in [5, 5.41) is 0. The van der Waals surface area contributed by atoms with Crippen molar-refractivity contribution in [3.05, 3.63) is 9.66 Å². The number of rotatable bonds is 0. The van der Waals surface area contributed by atoms with Crippen LogP contribution in [0.25, 0.3) is 0 Å². The fourth-order valence-electron chi connectivity index (χ4n) is 2.83. The molecule has 13 heavy (non-hydrogen) atoms. The second-order valence-corrected chi connectivity index (χ2v) is 4.82. The Morgan fingerprint density at radius 3 is 2.62 bits per heavy atom. The SMILES string of the molecule is O=C1CCCCC12CCC/C2=C\I. The lowest BCUT2D eigenvalue weighted by molar-refractivity contribution is -0.128. The molecule has 2 fully saturated rings. The predicted molar refractivity (Wildman–Crippen MR) is 61.9 cm³/mol. The molecule has 1 spiro atoms. The Labute approximate surface area is 93.1 Å².